The molecule has 0 aromatic carbocycles. The van der Waals surface area contributed by atoms with Crippen LogP contribution < -0.4 is 16.2 Å². The number of aromatic amines is 1. The highest BCUT2D eigenvalue weighted by Gasteiger charge is 2.23. The smallest absolute Gasteiger partial charge is 0.254 e. The predicted octanol–water partition coefficient (Wildman–Crippen LogP) is 0.238. The summed E-state index contributed by atoms with van der Waals surface area (Å²) >= 11 is 0. The Morgan fingerprint density at radius 1 is 1.32 bits per heavy atom. The number of rotatable bonds is 4. The molecule has 1 amide bonds. The number of hydrogen-bond donors (Lipinski definition) is 2. The maximum Gasteiger partial charge on any atom is 0.254 e. The average molecular weight is 346 g/mol. The minimum atomic E-state index is -0.277. The summed E-state index contributed by atoms with van der Waals surface area (Å²) in [5, 5.41) is 3.91. The summed E-state index contributed by atoms with van der Waals surface area (Å²) in [6, 6.07) is 1.42. The van der Waals surface area contributed by atoms with E-state index in [1.54, 1.807) is 0 Å². The monoisotopic (exact) mass is 346 g/mol. The molecule has 1 aliphatic heterocycles. The molecule has 25 heavy (non-hydrogen) atoms. The van der Waals surface area contributed by atoms with Crippen LogP contribution in [0.5, 0.6) is 0 Å². The van der Waals surface area contributed by atoms with Crippen LogP contribution >= 0.6 is 0 Å². The molecule has 3 rings (SSSR count). The van der Waals surface area contributed by atoms with Gasteiger partial charge in [-0.05, 0) is 20.3 Å². The number of anilines is 2. The normalized spacial score (nSPS) is 14.8. The van der Waals surface area contributed by atoms with Crippen molar-refractivity contribution in [2.45, 2.75) is 26.7 Å². The summed E-state index contributed by atoms with van der Waals surface area (Å²) in [5.74, 6) is 1.52. The van der Waals surface area contributed by atoms with Gasteiger partial charge in [0.1, 0.15) is 11.6 Å². The summed E-state index contributed by atoms with van der Waals surface area (Å²) < 4.78 is 5.13. The number of carbonyl (C=O) groups is 1. The molecular weight excluding hydrogens is 324 g/mol. The van der Waals surface area contributed by atoms with Crippen LogP contribution in [0.1, 0.15) is 23.4 Å². The Morgan fingerprint density at radius 3 is 2.64 bits per heavy atom. The lowest BCUT2D eigenvalue weighted by Gasteiger charge is -2.35. The Kier molecular flexibility index (Phi) is 4.73. The number of nitrogen functional groups attached to an aromatic ring is 1. The fourth-order valence-electron chi connectivity index (χ4n) is 3.06. The fraction of sp³-hybridized carbons (Fsp3) is 0.500. The number of hydrogen-bond acceptors (Lipinski definition) is 7. The fourth-order valence-corrected chi connectivity index (χ4v) is 3.06. The highest BCUT2D eigenvalue weighted by atomic mass is 16.5. The van der Waals surface area contributed by atoms with Gasteiger partial charge in [-0.25, -0.2) is 0 Å². The molecule has 2 aromatic heterocycles. The van der Waals surface area contributed by atoms with Crippen molar-refractivity contribution in [2.24, 2.45) is 0 Å². The Labute approximate surface area is 144 Å². The van der Waals surface area contributed by atoms with Crippen molar-refractivity contribution >= 4 is 17.7 Å². The molecule has 0 aliphatic carbocycles. The summed E-state index contributed by atoms with van der Waals surface area (Å²) in [4.78, 5) is 34.3. The van der Waals surface area contributed by atoms with Crippen LogP contribution in [0.25, 0.3) is 0 Å². The van der Waals surface area contributed by atoms with Crippen LogP contribution in [0.2, 0.25) is 0 Å². The standard InChI is InChI=1S/C16H22N6O3/c1-10-12(11(2)25-20-10)3-4-15(24)22-7-5-21(6-8-22)13-9-14(23)19-16(17)18-13/h9H,3-8H2,1-2H3,(H3,17,18,19,23). The number of nitrogens with one attached hydrogen (secondary N) is 1. The topological polar surface area (TPSA) is 121 Å². The minimum absolute atomic E-state index is 0.0977. The molecule has 0 atom stereocenters. The van der Waals surface area contributed by atoms with Gasteiger partial charge in [0.25, 0.3) is 5.56 Å². The number of amides is 1. The second-order valence-corrected chi connectivity index (χ2v) is 6.16. The van der Waals surface area contributed by atoms with Crippen molar-refractivity contribution in [3.8, 4) is 0 Å². The Morgan fingerprint density at radius 2 is 2.04 bits per heavy atom. The molecule has 2 aromatic rings. The number of aromatic nitrogens is 3. The van der Waals surface area contributed by atoms with Crippen LogP contribution in [0.3, 0.4) is 0 Å². The van der Waals surface area contributed by atoms with Crippen molar-refractivity contribution in [1.29, 1.82) is 0 Å². The highest BCUT2D eigenvalue weighted by Crippen LogP contribution is 2.16. The molecule has 1 aliphatic rings. The summed E-state index contributed by atoms with van der Waals surface area (Å²) in [6.45, 7) is 6.16. The van der Waals surface area contributed by atoms with E-state index in [0.29, 0.717) is 44.8 Å². The molecule has 0 unspecified atom stereocenters. The molecular formula is C16H22N6O3. The molecule has 0 spiro atoms. The van der Waals surface area contributed by atoms with E-state index in [1.165, 1.54) is 6.07 Å². The van der Waals surface area contributed by atoms with Gasteiger partial charge in [0, 0.05) is 44.2 Å². The number of carbonyl (C=O) groups excluding carboxylic acids is 1. The molecule has 3 N–H and O–H groups in total. The van der Waals surface area contributed by atoms with Crippen molar-refractivity contribution in [1.82, 2.24) is 20.0 Å². The zero-order chi connectivity index (χ0) is 18.0. The third-order valence-corrected chi connectivity index (χ3v) is 4.47. The summed E-state index contributed by atoms with van der Waals surface area (Å²) in [7, 11) is 0. The van der Waals surface area contributed by atoms with Crippen molar-refractivity contribution in [2.75, 3.05) is 36.8 Å². The van der Waals surface area contributed by atoms with E-state index >= 15 is 0 Å². The molecule has 1 saturated heterocycles. The first-order valence-electron chi connectivity index (χ1n) is 8.25. The van der Waals surface area contributed by atoms with Gasteiger partial charge in [-0.1, -0.05) is 5.16 Å². The first-order valence-corrected chi connectivity index (χ1v) is 8.25. The van der Waals surface area contributed by atoms with Crippen LogP contribution in [0.4, 0.5) is 11.8 Å². The maximum atomic E-state index is 12.4. The minimum Gasteiger partial charge on any atom is -0.369 e. The summed E-state index contributed by atoms with van der Waals surface area (Å²) in [6.07, 6.45) is 1.06. The van der Waals surface area contributed by atoms with Gasteiger partial charge < -0.3 is 20.1 Å². The van der Waals surface area contributed by atoms with E-state index in [1.807, 2.05) is 23.6 Å². The lowest BCUT2D eigenvalue weighted by atomic mass is 10.1. The van der Waals surface area contributed by atoms with E-state index in [2.05, 4.69) is 15.1 Å². The van der Waals surface area contributed by atoms with Crippen molar-refractivity contribution < 1.29 is 9.32 Å². The van der Waals surface area contributed by atoms with Crippen LogP contribution in [0, 0.1) is 13.8 Å². The van der Waals surface area contributed by atoms with E-state index in [9.17, 15) is 9.59 Å². The molecule has 9 heteroatoms. The summed E-state index contributed by atoms with van der Waals surface area (Å²) in [5.41, 5.74) is 7.15. The molecule has 0 saturated carbocycles. The third kappa shape index (κ3) is 3.81. The lowest BCUT2D eigenvalue weighted by molar-refractivity contribution is -0.131. The number of nitrogens with two attached hydrogens (primary N) is 1. The van der Waals surface area contributed by atoms with Gasteiger partial charge in [0.15, 0.2) is 0 Å². The molecule has 3 heterocycles. The van der Waals surface area contributed by atoms with E-state index in [4.69, 9.17) is 10.3 Å². The van der Waals surface area contributed by atoms with Gasteiger partial charge in [-0.15, -0.1) is 0 Å². The zero-order valence-corrected chi connectivity index (χ0v) is 14.4. The lowest BCUT2D eigenvalue weighted by Crippen LogP contribution is -2.49. The zero-order valence-electron chi connectivity index (χ0n) is 14.4. The van der Waals surface area contributed by atoms with Gasteiger partial charge in [0.05, 0.1) is 5.69 Å². The largest absolute Gasteiger partial charge is 0.369 e. The average Bonchev–Trinajstić information content (AvgIpc) is 2.90. The number of aryl methyl sites for hydroxylation is 2. The first-order chi connectivity index (χ1) is 11.9. The molecule has 134 valence electrons. The Bertz CT molecular complexity index is 800. The van der Waals surface area contributed by atoms with Crippen LogP contribution in [0.15, 0.2) is 15.4 Å². The van der Waals surface area contributed by atoms with Crippen LogP contribution in [-0.4, -0.2) is 52.1 Å². The van der Waals surface area contributed by atoms with Gasteiger partial charge in [-0.3, -0.25) is 14.6 Å². The molecule has 1 fully saturated rings. The predicted molar refractivity (Wildman–Crippen MR) is 92.4 cm³/mol. The third-order valence-electron chi connectivity index (χ3n) is 4.47. The van der Waals surface area contributed by atoms with E-state index in [0.717, 1.165) is 17.0 Å². The quantitative estimate of drug-likeness (QED) is 0.813. The SMILES string of the molecule is Cc1noc(C)c1CCC(=O)N1CCN(c2cc(=O)[nH]c(N)n2)CC1. The second kappa shape index (κ2) is 6.96. The van der Waals surface area contributed by atoms with Crippen molar-refractivity contribution in [3.05, 3.63) is 33.4 Å². The number of piperazine rings is 1. The molecule has 0 bridgehead atoms. The molecule has 0 radical (unpaired) electrons. The van der Waals surface area contributed by atoms with Gasteiger partial charge >= 0.3 is 0 Å². The molecule has 9 nitrogen and oxygen atoms in total. The second-order valence-electron chi connectivity index (χ2n) is 6.16. The Hall–Kier alpha value is -2.84. The number of H-pyrrole nitrogens is 1. The first kappa shape index (κ1) is 17.0. The Balaban J connectivity index is 1.55. The van der Waals surface area contributed by atoms with Gasteiger partial charge in [-0.2, -0.15) is 4.98 Å². The van der Waals surface area contributed by atoms with Gasteiger partial charge in [0.2, 0.25) is 11.9 Å². The maximum absolute atomic E-state index is 12.4. The van der Waals surface area contributed by atoms with E-state index < -0.39 is 0 Å². The number of nitrogens with zero attached hydrogens (tertiary/aromatic N) is 4. The highest BCUT2D eigenvalue weighted by molar-refractivity contribution is 5.76. The van der Waals surface area contributed by atoms with E-state index in [-0.39, 0.29) is 17.4 Å². The van der Waals surface area contributed by atoms with Crippen molar-refractivity contribution in [3.63, 3.8) is 0 Å². The van der Waals surface area contributed by atoms with Crippen LogP contribution in [-0.2, 0) is 11.2 Å².